The quantitative estimate of drug-likeness (QED) is 0.335. The van der Waals surface area contributed by atoms with Gasteiger partial charge in [-0.3, -0.25) is 14.9 Å². The number of esters is 1. The van der Waals surface area contributed by atoms with Crippen LogP contribution in [0, 0.1) is 16.0 Å². The summed E-state index contributed by atoms with van der Waals surface area (Å²) >= 11 is 0. The Kier molecular flexibility index (Phi) is 5.58. The third-order valence-electron chi connectivity index (χ3n) is 4.59. The molecule has 1 fully saturated rings. The molecule has 1 amide bonds. The van der Waals surface area contributed by atoms with Gasteiger partial charge in [0.05, 0.1) is 16.6 Å². The van der Waals surface area contributed by atoms with E-state index in [0.717, 1.165) is 18.9 Å². The minimum atomic E-state index is -0.749. The molecule has 0 aliphatic carbocycles. The van der Waals surface area contributed by atoms with Gasteiger partial charge in [-0.25, -0.2) is 4.79 Å². The Morgan fingerprint density at radius 2 is 1.96 bits per heavy atom. The second-order valence-electron chi connectivity index (χ2n) is 6.53. The Hall–Kier alpha value is -3.10. The van der Waals surface area contributed by atoms with Crippen LogP contribution in [-0.4, -0.2) is 48.2 Å². The summed E-state index contributed by atoms with van der Waals surface area (Å²) in [6, 6.07) is 2.67. The van der Waals surface area contributed by atoms with Gasteiger partial charge in [-0.2, -0.15) is 0 Å². The van der Waals surface area contributed by atoms with Crippen LogP contribution in [0.15, 0.2) is 18.2 Å². The second-order valence-corrected chi connectivity index (χ2v) is 6.53. The lowest BCUT2D eigenvalue weighted by molar-refractivity contribution is -0.385. The van der Waals surface area contributed by atoms with E-state index in [2.05, 4.69) is 6.92 Å². The van der Waals surface area contributed by atoms with E-state index < -0.39 is 10.9 Å². The molecule has 2 heterocycles. The zero-order valence-corrected chi connectivity index (χ0v) is 14.9. The highest BCUT2D eigenvalue weighted by atomic mass is 16.7. The maximum absolute atomic E-state index is 12.1. The van der Waals surface area contributed by atoms with Gasteiger partial charge in [-0.1, -0.05) is 6.92 Å². The summed E-state index contributed by atoms with van der Waals surface area (Å²) in [5.41, 5.74) is -0.0423. The molecule has 0 unspecified atom stereocenters. The summed E-state index contributed by atoms with van der Waals surface area (Å²) < 4.78 is 15.3. The first-order valence-electron chi connectivity index (χ1n) is 8.64. The van der Waals surface area contributed by atoms with Gasteiger partial charge in [-0.05, 0) is 30.9 Å². The molecule has 0 radical (unpaired) electrons. The molecule has 0 bridgehead atoms. The first kappa shape index (κ1) is 18.7. The first-order chi connectivity index (χ1) is 12.9. The molecule has 2 aliphatic rings. The van der Waals surface area contributed by atoms with Crippen molar-refractivity contribution in [1.82, 2.24) is 4.90 Å². The Morgan fingerprint density at radius 3 is 2.63 bits per heavy atom. The number of hydrogen-bond acceptors (Lipinski definition) is 7. The maximum atomic E-state index is 12.1. The number of piperidine rings is 1. The number of nitro benzene ring substituents is 1. The number of ether oxygens (including phenoxy) is 3. The van der Waals surface area contributed by atoms with Gasteiger partial charge in [0.25, 0.3) is 11.6 Å². The summed E-state index contributed by atoms with van der Waals surface area (Å²) in [4.78, 5) is 36.2. The molecule has 9 nitrogen and oxygen atoms in total. The number of nitrogens with zero attached hydrogens (tertiary/aromatic N) is 2. The molecule has 1 saturated heterocycles. The fourth-order valence-corrected chi connectivity index (χ4v) is 2.93. The van der Waals surface area contributed by atoms with Crippen molar-refractivity contribution in [2.75, 3.05) is 26.5 Å². The van der Waals surface area contributed by atoms with Gasteiger partial charge in [0, 0.05) is 19.2 Å². The van der Waals surface area contributed by atoms with E-state index in [1.165, 1.54) is 18.2 Å². The SMILES string of the molecule is CC1CCN(C(=O)COC(=O)/C=C/c2cc3c(cc2[N+](=O)[O-])OCO3)CC1. The number of fused-ring (bicyclic) bond motifs is 1. The Labute approximate surface area is 155 Å². The maximum Gasteiger partial charge on any atom is 0.331 e. The van der Waals surface area contributed by atoms with Crippen LogP contribution in [-0.2, 0) is 14.3 Å². The van der Waals surface area contributed by atoms with Gasteiger partial charge in [-0.15, -0.1) is 0 Å². The third kappa shape index (κ3) is 4.55. The third-order valence-corrected chi connectivity index (χ3v) is 4.59. The topological polar surface area (TPSA) is 108 Å². The smallest absolute Gasteiger partial charge is 0.331 e. The number of benzene rings is 1. The molecule has 27 heavy (non-hydrogen) atoms. The molecule has 0 atom stereocenters. The van der Waals surface area contributed by atoms with Crippen molar-refractivity contribution in [3.63, 3.8) is 0 Å². The Bertz CT molecular complexity index is 782. The van der Waals surface area contributed by atoms with Crippen molar-refractivity contribution in [3.05, 3.63) is 33.9 Å². The number of carbonyl (C=O) groups excluding carboxylic acids is 2. The summed E-state index contributed by atoms with van der Waals surface area (Å²) in [5.74, 6) is 0.251. The van der Waals surface area contributed by atoms with Crippen molar-refractivity contribution in [2.24, 2.45) is 5.92 Å². The molecule has 0 saturated carbocycles. The highest BCUT2D eigenvalue weighted by Crippen LogP contribution is 2.38. The molecule has 0 aromatic heterocycles. The van der Waals surface area contributed by atoms with E-state index in [9.17, 15) is 19.7 Å². The van der Waals surface area contributed by atoms with Gasteiger partial charge in [0.1, 0.15) is 0 Å². The number of rotatable bonds is 5. The molecule has 0 N–H and O–H groups in total. The molecule has 3 rings (SSSR count). The highest BCUT2D eigenvalue weighted by Gasteiger charge is 2.23. The standard InChI is InChI=1S/C18H20N2O7/c1-12-4-6-19(7-5-12)17(21)10-25-18(22)3-2-13-8-15-16(27-11-26-15)9-14(13)20(23)24/h2-3,8-9,12H,4-7,10-11H2,1H3/b3-2+. The van der Waals surface area contributed by atoms with Crippen molar-refractivity contribution in [1.29, 1.82) is 0 Å². The average Bonchev–Trinajstić information content (AvgIpc) is 3.11. The van der Waals surface area contributed by atoms with Crippen LogP contribution in [0.5, 0.6) is 11.5 Å². The predicted molar refractivity (Wildman–Crippen MR) is 94.2 cm³/mol. The lowest BCUT2D eigenvalue weighted by atomic mass is 9.99. The number of likely N-dealkylation sites (tertiary alicyclic amines) is 1. The monoisotopic (exact) mass is 376 g/mol. The van der Waals surface area contributed by atoms with Crippen LogP contribution in [0.3, 0.4) is 0 Å². The number of carbonyl (C=O) groups is 2. The second kappa shape index (κ2) is 8.07. The molecule has 1 aromatic carbocycles. The average molecular weight is 376 g/mol. The number of hydrogen-bond donors (Lipinski definition) is 0. The summed E-state index contributed by atoms with van der Waals surface area (Å²) in [7, 11) is 0. The molecule has 144 valence electrons. The Balaban J connectivity index is 1.58. The van der Waals surface area contributed by atoms with Gasteiger partial charge < -0.3 is 19.1 Å². The minimum absolute atomic E-state index is 0.0148. The summed E-state index contributed by atoms with van der Waals surface area (Å²) in [6.07, 6.45) is 4.19. The van der Waals surface area contributed by atoms with Crippen LogP contribution >= 0.6 is 0 Å². The van der Waals surface area contributed by atoms with Crippen LogP contribution < -0.4 is 9.47 Å². The van der Waals surface area contributed by atoms with Crippen molar-refractivity contribution in [3.8, 4) is 11.5 Å². The first-order valence-corrected chi connectivity index (χ1v) is 8.64. The number of amides is 1. The van der Waals surface area contributed by atoms with E-state index >= 15 is 0 Å². The van der Waals surface area contributed by atoms with Gasteiger partial charge in [0.2, 0.25) is 6.79 Å². The van der Waals surface area contributed by atoms with Crippen LogP contribution in [0.25, 0.3) is 6.08 Å². The lowest BCUT2D eigenvalue weighted by Crippen LogP contribution is -2.40. The molecule has 2 aliphatic heterocycles. The van der Waals surface area contributed by atoms with Crippen LogP contribution in [0.4, 0.5) is 5.69 Å². The fourth-order valence-electron chi connectivity index (χ4n) is 2.93. The minimum Gasteiger partial charge on any atom is -0.454 e. The van der Waals surface area contributed by atoms with Crippen molar-refractivity contribution >= 4 is 23.6 Å². The molecule has 0 spiro atoms. The van der Waals surface area contributed by atoms with Crippen LogP contribution in [0.1, 0.15) is 25.3 Å². The summed E-state index contributed by atoms with van der Waals surface area (Å²) in [5, 5.41) is 11.2. The predicted octanol–water partition coefficient (Wildman–Crippen LogP) is 2.14. The zero-order valence-electron chi connectivity index (χ0n) is 14.9. The molecule has 1 aromatic rings. The highest BCUT2D eigenvalue weighted by molar-refractivity contribution is 5.90. The Morgan fingerprint density at radius 1 is 1.30 bits per heavy atom. The van der Waals surface area contributed by atoms with E-state index in [4.69, 9.17) is 14.2 Å². The fraction of sp³-hybridized carbons (Fsp3) is 0.444. The van der Waals surface area contributed by atoms with Crippen molar-refractivity contribution < 1.29 is 28.7 Å². The van der Waals surface area contributed by atoms with E-state index in [0.29, 0.717) is 24.8 Å². The van der Waals surface area contributed by atoms with Crippen LogP contribution in [0.2, 0.25) is 0 Å². The molecular formula is C18H20N2O7. The number of nitro groups is 1. The van der Waals surface area contributed by atoms with Gasteiger partial charge in [0.15, 0.2) is 18.1 Å². The summed E-state index contributed by atoms with van der Waals surface area (Å²) in [6.45, 7) is 3.11. The van der Waals surface area contributed by atoms with Gasteiger partial charge >= 0.3 is 5.97 Å². The van der Waals surface area contributed by atoms with E-state index in [-0.39, 0.29) is 36.3 Å². The van der Waals surface area contributed by atoms with E-state index in [1.54, 1.807) is 4.90 Å². The van der Waals surface area contributed by atoms with Crippen molar-refractivity contribution in [2.45, 2.75) is 19.8 Å². The molecular weight excluding hydrogens is 356 g/mol. The zero-order chi connectivity index (χ0) is 19.4. The molecule has 9 heteroatoms. The van der Waals surface area contributed by atoms with E-state index in [1.807, 2.05) is 0 Å². The normalized spacial score (nSPS) is 16.6. The lowest BCUT2D eigenvalue weighted by Gasteiger charge is -2.30. The largest absolute Gasteiger partial charge is 0.454 e.